The van der Waals surface area contributed by atoms with E-state index >= 15 is 0 Å². The van der Waals surface area contributed by atoms with Gasteiger partial charge in [-0.3, -0.25) is 0 Å². The molecule has 0 atom stereocenters. The van der Waals surface area contributed by atoms with Crippen LogP contribution in [0, 0.1) is 0 Å². The van der Waals surface area contributed by atoms with Crippen molar-refractivity contribution in [1.29, 1.82) is 0 Å². The molecule has 1 N–H and O–H groups in total. The standard InChI is InChI=1S/C14H14O3/c1-16-13-8-4-7-12(14(13)17-2)10-5-3-6-11(15)9-10/h3-9,15H,1-2H3. The van der Waals surface area contributed by atoms with Crippen molar-refractivity contribution in [2.24, 2.45) is 0 Å². The Kier molecular flexibility index (Phi) is 3.19. The Morgan fingerprint density at radius 3 is 2.35 bits per heavy atom. The highest BCUT2D eigenvalue weighted by atomic mass is 16.5. The van der Waals surface area contributed by atoms with Gasteiger partial charge in [-0.25, -0.2) is 0 Å². The molecule has 0 aliphatic rings. The Hall–Kier alpha value is -2.16. The molecule has 88 valence electrons. The number of benzene rings is 2. The predicted molar refractivity (Wildman–Crippen MR) is 66.6 cm³/mol. The molecule has 3 nitrogen and oxygen atoms in total. The summed E-state index contributed by atoms with van der Waals surface area (Å²) in [7, 11) is 3.20. The summed E-state index contributed by atoms with van der Waals surface area (Å²) in [5.41, 5.74) is 1.78. The van der Waals surface area contributed by atoms with Crippen LogP contribution in [-0.4, -0.2) is 19.3 Å². The zero-order valence-electron chi connectivity index (χ0n) is 9.81. The van der Waals surface area contributed by atoms with Gasteiger partial charge >= 0.3 is 0 Å². The molecule has 0 aliphatic carbocycles. The zero-order chi connectivity index (χ0) is 12.3. The van der Waals surface area contributed by atoms with Crippen LogP contribution in [0.25, 0.3) is 11.1 Å². The minimum absolute atomic E-state index is 0.229. The molecule has 2 rings (SSSR count). The van der Waals surface area contributed by atoms with Crippen LogP contribution in [0.5, 0.6) is 17.2 Å². The Balaban J connectivity index is 2.59. The predicted octanol–water partition coefficient (Wildman–Crippen LogP) is 3.08. The molecule has 0 saturated heterocycles. The summed E-state index contributed by atoms with van der Waals surface area (Å²) in [5.74, 6) is 1.57. The number of methoxy groups -OCH3 is 2. The maximum Gasteiger partial charge on any atom is 0.168 e. The average Bonchev–Trinajstić information content (AvgIpc) is 2.37. The van der Waals surface area contributed by atoms with Gasteiger partial charge in [-0.1, -0.05) is 24.3 Å². The lowest BCUT2D eigenvalue weighted by molar-refractivity contribution is 0.356. The summed E-state index contributed by atoms with van der Waals surface area (Å²) in [6.45, 7) is 0. The largest absolute Gasteiger partial charge is 0.508 e. The minimum atomic E-state index is 0.229. The fourth-order valence-corrected chi connectivity index (χ4v) is 1.79. The summed E-state index contributed by atoms with van der Waals surface area (Å²) in [6.07, 6.45) is 0. The van der Waals surface area contributed by atoms with Crippen molar-refractivity contribution in [1.82, 2.24) is 0 Å². The third-order valence-electron chi connectivity index (χ3n) is 2.56. The van der Waals surface area contributed by atoms with Crippen LogP contribution in [0.3, 0.4) is 0 Å². The molecule has 17 heavy (non-hydrogen) atoms. The number of hydrogen-bond acceptors (Lipinski definition) is 3. The topological polar surface area (TPSA) is 38.7 Å². The van der Waals surface area contributed by atoms with Crippen molar-refractivity contribution >= 4 is 0 Å². The van der Waals surface area contributed by atoms with Gasteiger partial charge in [0, 0.05) is 5.56 Å². The summed E-state index contributed by atoms with van der Waals surface area (Å²) < 4.78 is 10.6. The number of ether oxygens (including phenoxy) is 2. The van der Waals surface area contributed by atoms with Crippen LogP contribution in [0.1, 0.15) is 0 Å². The maximum atomic E-state index is 9.49. The van der Waals surface area contributed by atoms with E-state index in [1.54, 1.807) is 32.4 Å². The Bertz CT molecular complexity index is 521. The molecule has 0 heterocycles. The van der Waals surface area contributed by atoms with Crippen LogP contribution in [0.4, 0.5) is 0 Å². The molecule has 0 aromatic heterocycles. The summed E-state index contributed by atoms with van der Waals surface area (Å²) in [6, 6.07) is 12.7. The fraction of sp³-hybridized carbons (Fsp3) is 0.143. The molecule has 3 heteroatoms. The van der Waals surface area contributed by atoms with Crippen molar-refractivity contribution in [3.8, 4) is 28.4 Å². The highest BCUT2D eigenvalue weighted by molar-refractivity contribution is 5.74. The van der Waals surface area contributed by atoms with E-state index in [0.29, 0.717) is 11.5 Å². The van der Waals surface area contributed by atoms with Crippen LogP contribution in [-0.2, 0) is 0 Å². The van der Waals surface area contributed by atoms with E-state index in [4.69, 9.17) is 9.47 Å². The minimum Gasteiger partial charge on any atom is -0.508 e. The van der Waals surface area contributed by atoms with Crippen molar-refractivity contribution in [2.45, 2.75) is 0 Å². The molecule has 0 unspecified atom stereocenters. The molecule has 2 aromatic carbocycles. The van der Waals surface area contributed by atoms with E-state index in [9.17, 15) is 5.11 Å². The lowest BCUT2D eigenvalue weighted by Gasteiger charge is -2.12. The third kappa shape index (κ3) is 2.18. The summed E-state index contributed by atoms with van der Waals surface area (Å²) >= 11 is 0. The second-order valence-corrected chi connectivity index (χ2v) is 3.59. The van der Waals surface area contributed by atoms with Crippen LogP contribution < -0.4 is 9.47 Å². The quantitative estimate of drug-likeness (QED) is 0.880. The van der Waals surface area contributed by atoms with Gasteiger partial charge < -0.3 is 14.6 Å². The molecule has 0 bridgehead atoms. The first-order valence-electron chi connectivity index (χ1n) is 5.26. The maximum absolute atomic E-state index is 9.49. The molecule has 0 radical (unpaired) electrons. The van der Waals surface area contributed by atoms with E-state index in [1.807, 2.05) is 24.3 Å². The van der Waals surface area contributed by atoms with Gasteiger partial charge in [0.2, 0.25) is 0 Å². The van der Waals surface area contributed by atoms with Gasteiger partial charge in [0.05, 0.1) is 14.2 Å². The SMILES string of the molecule is COc1cccc(-c2cccc(O)c2)c1OC. The molecule has 2 aromatic rings. The molecular weight excluding hydrogens is 216 g/mol. The number of para-hydroxylation sites is 1. The average molecular weight is 230 g/mol. The normalized spacial score (nSPS) is 10.0. The van der Waals surface area contributed by atoms with Gasteiger partial charge in [0.25, 0.3) is 0 Å². The third-order valence-corrected chi connectivity index (χ3v) is 2.56. The number of hydrogen-bond donors (Lipinski definition) is 1. The number of aromatic hydroxyl groups is 1. The van der Waals surface area contributed by atoms with E-state index in [-0.39, 0.29) is 5.75 Å². The van der Waals surface area contributed by atoms with Crippen LogP contribution in [0.2, 0.25) is 0 Å². The first kappa shape index (κ1) is 11.3. The second-order valence-electron chi connectivity index (χ2n) is 3.59. The fourth-order valence-electron chi connectivity index (χ4n) is 1.79. The van der Waals surface area contributed by atoms with Crippen molar-refractivity contribution in [3.05, 3.63) is 42.5 Å². The monoisotopic (exact) mass is 230 g/mol. The molecule has 0 amide bonds. The molecule has 0 spiro atoms. The van der Waals surface area contributed by atoms with Gasteiger partial charge in [-0.15, -0.1) is 0 Å². The van der Waals surface area contributed by atoms with E-state index in [0.717, 1.165) is 11.1 Å². The number of rotatable bonds is 3. The van der Waals surface area contributed by atoms with E-state index < -0.39 is 0 Å². The van der Waals surface area contributed by atoms with Crippen molar-refractivity contribution in [2.75, 3.05) is 14.2 Å². The Morgan fingerprint density at radius 1 is 0.941 bits per heavy atom. The zero-order valence-corrected chi connectivity index (χ0v) is 9.81. The Morgan fingerprint density at radius 2 is 1.71 bits per heavy atom. The van der Waals surface area contributed by atoms with Gasteiger partial charge in [0.1, 0.15) is 5.75 Å². The molecule has 0 aliphatic heterocycles. The van der Waals surface area contributed by atoms with Crippen LogP contribution in [0.15, 0.2) is 42.5 Å². The number of phenolic OH excluding ortho intramolecular Hbond substituents is 1. The van der Waals surface area contributed by atoms with E-state index in [1.165, 1.54) is 0 Å². The van der Waals surface area contributed by atoms with Gasteiger partial charge in [-0.2, -0.15) is 0 Å². The van der Waals surface area contributed by atoms with Crippen molar-refractivity contribution in [3.63, 3.8) is 0 Å². The van der Waals surface area contributed by atoms with Gasteiger partial charge in [0.15, 0.2) is 11.5 Å². The lowest BCUT2D eigenvalue weighted by Crippen LogP contribution is -1.92. The Labute approximate surface area is 100 Å². The smallest absolute Gasteiger partial charge is 0.168 e. The van der Waals surface area contributed by atoms with Gasteiger partial charge in [-0.05, 0) is 23.8 Å². The second kappa shape index (κ2) is 4.78. The lowest BCUT2D eigenvalue weighted by atomic mass is 10.0. The van der Waals surface area contributed by atoms with E-state index in [2.05, 4.69) is 0 Å². The highest BCUT2D eigenvalue weighted by Crippen LogP contribution is 2.38. The first-order chi connectivity index (χ1) is 8.26. The number of phenols is 1. The summed E-state index contributed by atoms with van der Waals surface area (Å²) in [4.78, 5) is 0. The highest BCUT2D eigenvalue weighted by Gasteiger charge is 2.11. The molecule has 0 fully saturated rings. The molecular formula is C14H14O3. The summed E-state index contributed by atoms with van der Waals surface area (Å²) in [5, 5.41) is 9.49. The molecule has 0 saturated carbocycles. The first-order valence-corrected chi connectivity index (χ1v) is 5.26. The van der Waals surface area contributed by atoms with Crippen molar-refractivity contribution < 1.29 is 14.6 Å². The van der Waals surface area contributed by atoms with Crippen LogP contribution >= 0.6 is 0 Å².